The average Bonchev–Trinajstić information content (AvgIpc) is 2.64. The zero-order chi connectivity index (χ0) is 14.9. The molecule has 1 aromatic rings. The van der Waals surface area contributed by atoms with Crippen molar-refractivity contribution in [3.8, 4) is 0 Å². The van der Waals surface area contributed by atoms with Crippen LogP contribution < -0.4 is 10.2 Å². The molecule has 2 rings (SSSR count). The van der Waals surface area contributed by atoms with Crippen molar-refractivity contribution in [2.45, 2.75) is 25.8 Å². The maximum atomic E-state index is 11.7. The molecule has 0 bridgehead atoms. The monoisotopic (exact) mass is 276 g/mol. The molecule has 0 aliphatic carbocycles. The van der Waals surface area contributed by atoms with E-state index in [1.807, 2.05) is 12.1 Å². The number of carbonyl (C=O) groups is 3. The molecular formula is C14H16N2O4. The van der Waals surface area contributed by atoms with Crippen LogP contribution in [0.5, 0.6) is 0 Å². The fraction of sp³-hybridized carbons (Fsp3) is 0.357. The first-order valence-corrected chi connectivity index (χ1v) is 6.29. The van der Waals surface area contributed by atoms with E-state index in [2.05, 4.69) is 5.32 Å². The topological polar surface area (TPSA) is 86.7 Å². The van der Waals surface area contributed by atoms with Gasteiger partial charge in [0.2, 0.25) is 11.8 Å². The summed E-state index contributed by atoms with van der Waals surface area (Å²) in [7, 11) is 1.72. The molecule has 1 unspecified atom stereocenters. The Morgan fingerprint density at radius 1 is 1.45 bits per heavy atom. The normalized spacial score (nSPS) is 14.9. The van der Waals surface area contributed by atoms with Gasteiger partial charge in [0, 0.05) is 12.7 Å². The molecule has 6 nitrogen and oxygen atoms in total. The van der Waals surface area contributed by atoms with Gasteiger partial charge in [0.25, 0.3) is 0 Å². The lowest BCUT2D eigenvalue weighted by Gasteiger charge is -2.11. The minimum Gasteiger partial charge on any atom is -0.480 e. The highest BCUT2D eigenvalue weighted by Gasteiger charge is 2.24. The summed E-state index contributed by atoms with van der Waals surface area (Å²) in [5.41, 5.74) is 2.52. The molecule has 2 N–H and O–H groups in total. The minimum absolute atomic E-state index is 0.0288. The van der Waals surface area contributed by atoms with Gasteiger partial charge in [-0.3, -0.25) is 14.4 Å². The van der Waals surface area contributed by atoms with Gasteiger partial charge < -0.3 is 15.3 Å². The minimum atomic E-state index is -1.07. The van der Waals surface area contributed by atoms with Gasteiger partial charge in [-0.2, -0.15) is 0 Å². The molecule has 0 radical (unpaired) electrons. The van der Waals surface area contributed by atoms with E-state index >= 15 is 0 Å². The number of aliphatic carboxylic acids is 1. The van der Waals surface area contributed by atoms with Crippen LogP contribution in [-0.4, -0.2) is 36.0 Å². The lowest BCUT2D eigenvalue weighted by Crippen LogP contribution is -2.39. The molecule has 0 saturated heterocycles. The first kappa shape index (κ1) is 14.0. The fourth-order valence-electron chi connectivity index (χ4n) is 2.17. The summed E-state index contributed by atoms with van der Waals surface area (Å²) in [5.74, 6) is -1.39. The molecule has 1 atom stereocenters. The van der Waals surface area contributed by atoms with Crippen molar-refractivity contribution in [3.63, 3.8) is 0 Å². The number of fused-ring (bicyclic) bond motifs is 1. The highest BCUT2D eigenvalue weighted by atomic mass is 16.4. The molecule has 1 aliphatic heterocycles. The summed E-state index contributed by atoms with van der Waals surface area (Å²) in [4.78, 5) is 35.5. The largest absolute Gasteiger partial charge is 0.480 e. The Hall–Kier alpha value is -2.37. The molecule has 1 aromatic carbocycles. The third kappa shape index (κ3) is 2.79. The molecule has 20 heavy (non-hydrogen) atoms. The number of carboxylic acid groups (broad SMARTS) is 1. The van der Waals surface area contributed by atoms with Gasteiger partial charge >= 0.3 is 5.97 Å². The van der Waals surface area contributed by atoms with Gasteiger partial charge in [0.05, 0.1) is 12.8 Å². The third-order valence-electron chi connectivity index (χ3n) is 3.33. The van der Waals surface area contributed by atoms with Crippen LogP contribution in [0.4, 0.5) is 5.69 Å². The van der Waals surface area contributed by atoms with Crippen molar-refractivity contribution in [1.82, 2.24) is 5.32 Å². The Bertz CT molecular complexity index is 583. The summed E-state index contributed by atoms with van der Waals surface area (Å²) in [6, 6.07) is 4.49. The molecule has 0 aromatic heterocycles. The highest BCUT2D eigenvalue weighted by Crippen LogP contribution is 2.28. The van der Waals surface area contributed by atoms with Crippen LogP contribution in [0, 0.1) is 0 Å². The Kier molecular flexibility index (Phi) is 3.74. The van der Waals surface area contributed by atoms with Gasteiger partial charge in [-0.15, -0.1) is 0 Å². The molecule has 106 valence electrons. The lowest BCUT2D eigenvalue weighted by molar-refractivity contribution is -0.141. The van der Waals surface area contributed by atoms with Crippen LogP contribution in [-0.2, 0) is 27.2 Å². The third-order valence-corrected chi connectivity index (χ3v) is 3.33. The van der Waals surface area contributed by atoms with Gasteiger partial charge in [-0.05, 0) is 24.1 Å². The zero-order valence-corrected chi connectivity index (χ0v) is 11.3. The Morgan fingerprint density at radius 3 is 2.80 bits per heavy atom. The number of amides is 2. The van der Waals surface area contributed by atoms with E-state index in [4.69, 9.17) is 5.11 Å². The van der Waals surface area contributed by atoms with E-state index < -0.39 is 12.0 Å². The van der Waals surface area contributed by atoms with Crippen LogP contribution in [0.25, 0.3) is 0 Å². The second-order valence-corrected chi connectivity index (χ2v) is 4.90. The number of likely N-dealkylation sites (N-methyl/N-ethyl adjacent to an activating group) is 1. The summed E-state index contributed by atoms with van der Waals surface area (Å²) >= 11 is 0. The number of benzene rings is 1. The number of nitrogens with one attached hydrogen (secondary N) is 1. The number of nitrogens with zero attached hydrogens (tertiary/aromatic N) is 1. The van der Waals surface area contributed by atoms with E-state index in [1.165, 1.54) is 6.92 Å². The van der Waals surface area contributed by atoms with E-state index in [9.17, 15) is 14.4 Å². The smallest absolute Gasteiger partial charge is 0.325 e. The lowest BCUT2D eigenvalue weighted by atomic mass is 10.1. The van der Waals surface area contributed by atoms with Crippen LogP contribution >= 0.6 is 0 Å². The summed E-state index contributed by atoms with van der Waals surface area (Å²) in [6.45, 7) is 1.41. The number of carbonyl (C=O) groups excluding carboxylic acids is 2. The SMILES string of the molecule is CC(NC(=O)Cc1ccc2c(c1)CC(=O)N2C)C(=O)O. The first-order valence-electron chi connectivity index (χ1n) is 6.29. The molecular weight excluding hydrogens is 260 g/mol. The van der Waals surface area contributed by atoms with E-state index in [1.54, 1.807) is 18.0 Å². The summed E-state index contributed by atoms with van der Waals surface area (Å²) in [6.07, 6.45) is 0.440. The van der Waals surface area contributed by atoms with Crippen molar-refractivity contribution in [2.75, 3.05) is 11.9 Å². The number of anilines is 1. The van der Waals surface area contributed by atoms with Crippen LogP contribution in [0.15, 0.2) is 18.2 Å². The van der Waals surface area contributed by atoms with Crippen LogP contribution in [0.3, 0.4) is 0 Å². The standard InChI is InChI=1S/C14H16N2O4/c1-8(14(19)20)15-12(17)6-9-3-4-11-10(5-9)7-13(18)16(11)2/h3-5,8H,6-7H2,1-2H3,(H,15,17)(H,19,20). The molecule has 0 saturated carbocycles. The van der Waals surface area contributed by atoms with Crippen molar-refractivity contribution < 1.29 is 19.5 Å². The molecule has 0 spiro atoms. The average molecular weight is 276 g/mol. The zero-order valence-electron chi connectivity index (χ0n) is 11.3. The second-order valence-electron chi connectivity index (χ2n) is 4.90. The van der Waals surface area contributed by atoms with Crippen LogP contribution in [0.1, 0.15) is 18.1 Å². The molecule has 2 amide bonds. The highest BCUT2D eigenvalue weighted by molar-refractivity contribution is 6.01. The molecule has 1 heterocycles. The van der Waals surface area contributed by atoms with Gasteiger partial charge in [0.15, 0.2) is 0 Å². The maximum absolute atomic E-state index is 11.7. The Labute approximate surface area is 116 Å². The predicted molar refractivity (Wildman–Crippen MR) is 72.5 cm³/mol. The number of rotatable bonds is 4. The maximum Gasteiger partial charge on any atom is 0.325 e. The molecule has 6 heteroatoms. The van der Waals surface area contributed by atoms with Crippen LogP contribution in [0.2, 0.25) is 0 Å². The quantitative estimate of drug-likeness (QED) is 0.830. The number of hydrogen-bond donors (Lipinski definition) is 2. The molecule has 1 aliphatic rings. The summed E-state index contributed by atoms with van der Waals surface area (Å²) in [5, 5.41) is 11.1. The Balaban J connectivity index is 2.05. The van der Waals surface area contributed by atoms with E-state index in [0.29, 0.717) is 6.42 Å². The van der Waals surface area contributed by atoms with Gasteiger partial charge in [-0.1, -0.05) is 12.1 Å². The van der Waals surface area contributed by atoms with Crippen molar-refractivity contribution in [3.05, 3.63) is 29.3 Å². The summed E-state index contributed by atoms with van der Waals surface area (Å²) < 4.78 is 0. The van der Waals surface area contributed by atoms with Gasteiger partial charge in [0.1, 0.15) is 6.04 Å². The number of carboxylic acids is 1. The van der Waals surface area contributed by atoms with E-state index in [-0.39, 0.29) is 18.2 Å². The number of hydrogen-bond acceptors (Lipinski definition) is 3. The Morgan fingerprint density at radius 2 is 2.15 bits per heavy atom. The van der Waals surface area contributed by atoms with Gasteiger partial charge in [-0.25, -0.2) is 0 Å². The fourth-order valence-corrected chi connectivity index (χ4v) is 2.17. The predicted octanol–water partition coefficient (Wildman–Crippen LogP) is 0.337. The first-order chi connectivity index (χ1) is 9.38. The molecule has 0 fully saturated rings. The van der Waals surface area contributed by atoms with Crippen molar-refractivity contribution in [2.24, 2.45) is 0 Å². The van der Waals surface area contributed by atoms with E-state index in [0.717, 1.165) is 16.8 Å². The van der Waals surface area contributed by atoms with Crippen molar-refractivity contribution in [1.29, 1.82) is 0 Å². The second kappa shape index (κ2) is 5.32. The van der Waals surface area contributed by atoms with Crippen molar-refractivity contribution >= 4 is 23.5 Å².